The van der Waals surface area contributed by atoms with Crippen LogP contribution in [0.25, 0.3) is 28.0 Å². The highest BCUT2D eigenvalue weighted by Crippen LogP contribution is 2.30. The number of pyridine rings is 1. The van der Waals surface area contributed by atoms with Crippen molar-refractivity contribution in [3.05, 3.63) is 49.2 Å². The third-order valence-corrected chi connectivity index (χ3v) is 4.70. The minimum Gasteiger partial charge on any atom is -0.378 e. The van der Waals surface area contributed by atoms with E-state index in [2.05, 4.69) is 19.9 Å². The van der Waals surface area contributed by atoms with E-state index in [9.17, 15) is 0 Å². The lowest BCUT2D eigenvalue weighted by Crippen LogP contribution is -2.37. The van der Waals surface area contributed by atoms with Crippen LogP contribution in [0.5, 0.6) is 0 Å². The second kappa shape index (κ2) is 6.86. The number of ether oxygens (including phenoxy) is 1. The van der Waals surface area contributed by atoms with Gasteiger partial charge in [0.05, 0.1) is 30.8 Å². The van der Waals surface area contributed by atoms with E-state index < -0.39 is 0 Å². The van der Waals surface area contributed by atoms with Crippen LogP contribution >= 0.6 is 0 Å². The topological polar surface area (TPSA) is 108 Å². The van der Waals surface area contributed by atoms with Crippen molar-refractivity contribution in [3.8, 4) is 16.9 Å². The molecule has 0 amide bonds. The molecule has 0 atom stereocenters. The number of nitrogens with zero attached hydrogens (tertiary/aromatic N) is 7. The van der Waals surface area contributed by atoms with E-state index in [4.69, 9.17) is 20.4 Å². The van der Waals surface area contributed by atoms with Gasteiger partial charge in [0.25, 0.3) is 0 Å². The Kier molecular flexibility index (Phi) is 4.06. The Labute approximate surface area is 160 Å². The lowest BCUT2D eigenvalue weighted by Gasteiger charge is -2.27. The fourth-order valence-corrected chi connectivity index (χ4v) is 3.29. The predicted molar refractivity (Wildman–Crippen MR) is 105 cm³/mol. The molecule has 4 aromatic heterocycles. The summed E-state index contributed by atoms with van der Waals surface area (Å²) in [5.74, 6) is 0.891. The zero-order valence-corrected chi connectivity index (χ0v) is 15.1. The number of anilines is 2. The average Bonchev–Trinajstić information content (AvgIpc) is 3.19. The second-order valence-corrected chi connectivity index (χ2v) is 6.44. The van der Waals surface area contributed by atoms with Crippen LogP contribution in [0.1, 0.15) is 0 Å². The molecule has 1 aliphatic heterocycles. The summed E-state index contributed by atoms with van der Waals surface area (Å²) in [7, 11) is 0. The fraction of sp³-hybridized carbons (Fsp3) is 0.211. The molecule has 9 heteroatoms. The van der Waals surface area contributed by atoms with Crippen molar-refractivity contribution in [2.45, 2.75) is 0 Å². The first-order valence-corrected chi connectivity index (χ1v) is 9.00. The molecule has 0 aromatic carbocycles. The van der Waals surface area contributed by atoms with Gasteiger partial charge in [0.2, 0.25) is 11.9 Å². The minimum absolute atomic E-state index is 0.232. The van der Waals surface area contributed by atoms with Gasteiger partial charge in [-0.05, 0) is 18.2 Å². The maximum atomic E-state index is 5.66. The lowest BCUT2D eigenvalue weighted by molar-refractivity contribution is 0.122. The molecule has 0 unspecified atom stereocenters. The third kappa shape index (κ3) is 2.91. The van der Waals surface area contributed by atoms with Crippen LogP contribution in [-0.2, 0) is 4.74 Å². The van der Waals surface area contributed by atoms with E-state index in [1.165, 1.54) is 0 Å². The first kappa shape index (κ1) is 16.6. The number of nitrogen functional groups attached to an aromatic ring is 1. The quantitative estimate of drug-likeness (QED) is 0.577. The van der Waals surface area contributed by atoms with Crippen LogP contribution in [0.4, 0.5) is 11.9 Å². The second-order valence-electron chi connectivity index (χ2n) is 6.44. The number of nitrogens with two attached hydrogens (primary N) is 1. The van der Waals surface area contributed by atoms with Gasteiger partial charge in [-0.2, -0.15) is 4.98 Å². The van der Waals surface area contributed by atoms with Gasteiger partial charge < -0.3 is 15.4 Å². The Balaban J connectivity index is 1.73. The molecule has 0 aliphatic carbocycles. The van der Waals surface area contributed by atoms with Crippen molar-refractivity contribution in [1.29, 1.82) is 0 Å². The molecule has 28 heavy (non-hydrogen) atoms. The minimum atomic E-state index is 0.232. The van der Waals surface area contributed by atoms with E-state index in [-0.39, 0.29) is 5.95 Å². The molecule has 4 aromatic rings. The van der Waals surface area contributed by atoms with E-state index in [1.54, 1.807) is 18.6 Å². The van der Waals surface area contributed by atoms with E-state index >= 15 is 0 Å². The molecule has 1 aliphatic rings. The summed E-state index contributed by atoms with van der Waals surface area (Å²) < 4.78 is 7.48. The molecule has 2 N–H and O–H groups in total. The standard InChI is InChI=1S/C19H18N8O/c20-18-22-10-13(11-23-18)16-15-3-5-27(14-2-1-4-21-12-14)17(15)25-19(24-16)26-6-8-28-9-7-26/h1-5,10-12H,6-9H2,(H2,20,22,23). The summed E-state index contributed by atoms with van der Waals surface area (Å²) in [6.07, 6.45) is 8.91. The molecule has 9 nitrogen and oxygen atoms in total. The molecule has 0 radical (unpaired) electrons. The highest BCUT2D eigenvalue weighted by Gasteiger charge is 2.20. The molecule has 1 saturated heterocycles. The third-order valence-electron chi connectivity index (χ3n) is 4.70. The van der Waals surface area contributed by atoms with Gasteiger partial charge in [-0.25, -0.2) is 15.0 Å². The molecule has 1 fully saturated rings. The molecular formula is C19H18N8O. The number of rotatable bonds is 3. The average molecular weight is 374 g/mol. The van der Waals surface area contributed by atoms with Gasteiger partial charge in [-0.1, -0.05) is 0 Å². The largest absolute Gasteiger partial charge is 0.378 e. The van der Waals surface area contributed by atoms with Crippen LogP contribution in [0.15, 0.2) is 49.2 Å². The summed E-state index contributed by atoms with van der Waals surface area (Å²) in [6, 6.07) is 5.89. The fourth-order valence-electron chi connectivity index (χ4n) is 3.29. The number of fused-ring (bicyclic) bond motifs is 1. The number of hydrogen-bond donors (Lipinski definition) is 1. The van der Waals surface area contributed by atoms with Crippen LogP contribution in [0.3, 0.4) is 0 Å². The van der Waals surface area contributed by atoms with Crippen molar-refractivity contribution in [1.82, 2.24) is 29.5 Å². The summed E-state index contributed by atoms with van der Waals surface area (Å²) in [5, 5.41) is 0.911. The maximum absolute atomic E-state index is 5.66. The summed E-state index contributed by atoms with van der Waals surface area (Å²) in [5.41, 5.74) is 8.96. The predicted octanol–water partition coefficient (Wildman–Crippen LogP) is 1.69. The Hall–Kier alpha value is -3.59. The Bertz CT molecular complexity index is 1100. The molecule has 0 bridgehead atoms. The van der Waals surface area contributed by atoms with Crippen molar-refractivity contribution >= 4 is 22.9 Å². The van der Waals surface area contributed by atoms with Crippen molar-refractivity contribution in [3.63, 3.8) is 0 Å². The zero-order chi connectivity index (χ0) is 18.9. The number of aromatic nitrogens is 6. The van der Waals surface area contributed by atoms with Crippen LogP contribution in [-0.4, -0.2) is 55.8 Å². The number of morpholine rings is 1. The van der Waals surface area contributed by atoms with Gasteiger partial charge in [0, 0.05) is 48.8 Å². The van der Waals surface area contributed by atoms with Crippen molar-refractivity contribution < 1.29 is 4.74 Å². The molecule has 0 spiro atoms. The highest BCUT2D eigenvalue weighted by atomic mass is 16.5. The van der Waals surface area contributed by atoms with Crippen LogP contribution < -0.4 is 10.6 Å². The normalized spacial score (nSPS) is 14.5. The number of hydrogen-bond acceptors (Lipinski definition) is 8. The summed E-state index contributed by atoms with van der Waals surface area (Å²) in [6.45, 7) is 2.81. The van der Waals surface area contributed by atoms with E-state index in [1.807, 2.05) is 35.2 Å². The van der Waals surface area contributed by atoms with E-state index in [0.717, 1.165) is 41.1 Å². The molecular weight excluding hydrogens is 356 g/mol. The van der Waals surface area contributed by atoms with Gasteiger partial charge in [-0.3, -0.25) is 9.55 Å². The Morgan fingerprint density at radius 1 is 1.00 bits per heavy atom. The van der Waals surface area contributed by atoms with E-state index in [0.29, 0.717) is 19.2 Å². The van der Waals surface area contributed by atoms with Gasteiger partial charge in [0.1, 0.15) is 0 Å². The lowest BCUT2D eigenvalue weighted by atomic mass is 10.2. The molecule has 5 rings (SSSR count). The van der Waals surface area contributed by atoms with Crippen LogP contribution in [0.2, 0.25) is 0 Å². The first-order chi connectivity index (χ1) is 13.8. The molecule has 5 heterocycles. The summed E-state index contributed by atoms with van der Waals surface area (Å²) >= 11 is 0. The van der Waals surface area contributed by atoms with Crippen molar-refractivity contribution in [2.24, 2.45) is 0 Å². The zero-order valence-electron chi connectivity index (χ0n) is 15.1. The van der Waals surface area contributed by atoms with Gasteiger partial charge in [-0.15, -0.1) is 0 Å². The van der Waals surface area contributed by atoms with Gasteiger partial charge >= 0.3 is 0 Å². The summed E-state index contributed by atoms with van der Waals surface area (Å²) in [4.78, 5) is 24.3. The maximum Gasteiger partial charge on any atom is 0.228 e. The van der Waals surface area contributed by atoms with Crippen molar-refractivity contribution in [2.75, 3.05) is 36.9 Å². The first-order valence-electron chi connectivity index (χ1n) is 9.00. The molecule has 0 saturated carbocycles. The smallest absolute Gasteiger partial charge is 0.228 e. The van der Waals surface area contributed by atoms with Gasteiger partial charge in [0.15, 0.2) is 5.65 Å². The Morgan fingerprint density at radius 3 is 2.57 bits per heavy atom. The SMILES string of the molecule is Nc1ncc(-c2nc(N3CCOCC3)nc3c2ccn3-c2cccnc2)cn1. The van der Waals surface area contributed by atoms with Crippen LogP contribution in [0, 0.1) is 0 Å². The Morgan fingerprint density at radius 2 is 1.82 bits per heavy atom. The highest BCUT2D eigenvalue weighted by molar-refractivity contribution is 5.92. The monoisotopic (exact) mass is 374 g/mol. The molecule has 140 valence electrons.